The van der Waals surface area contributed by atoms with Crippen LogP contribution in [0.3, 0.4) is 0 Å². The monoisotopic (exact) mass is 268 g/mol. The molecular formula is C14H24N2O3. The Morgan fingerprint density at radius 3 is 2.53 bits per heavy atom. The van der Waals surface area contributed by atoms with E-state index < -0.39 is 17.6 Å². The van der Waals surface area contributed by atoms with Crippen LogP contribution in [-0.2, 0) is 9.59 Å². The zero-order valence-electron chi connectivity index (χ0n) is 11.5. The van der Waals surface area contributed by atoms with Gasteiger partial charge in [-0.3, -0.25) is 9.59 Å². The quantitative estimate of drug-likeness (QED) is 0.602. The van der Waals surface area contributed by atoms with Gasteiger partial charge in [0.15, 0.2) is 5.78 Å². The highest BCUT2D eigenvalue weighted by molar-refractivity contribution is 5.88. The number of aliphatic carboxylic acids is 1. The molecule has 1 saturated carbocycles. The summed E-state index contributed by atoms with van der Waals surface area (Å²) in [6.45, 7) is 1.77. The maximum atomic E-state index is 11.8. The van der Waals surface area contributed by atoms with E-state index in [2.05, 4.69) is 6.08 Å². The standard InChI is InChI=1S/C14H24N2O3/c1-14(16,7-6-10-4-2-3-5-10)9-12(17)11(15)8-13(18)19/h6-7,10-11H,2-5,8-9,15-16H2,1H3,(H,18,19)/b7-6+/t11-,14?/m0/s1. The van der Waals surface area contributed by atoms with E-state index in [1.54, 1.807) is 6.92 Å². The van der Waals surface area contributed by atoms with E-state index >= 15 is 0 Å². The number of rotatable bonds is 7. The lowest BCUT2D eigenvalue weighted by molar-refractivity contribution is -0.139. The molecule has 1 aliphatic rings. The molecule has 5 nitrogen and oxygen atoms in total. The predicted molar refractivity (Wildman–Crippen MR) is 73.5 cm³/mol. The average molecular weight is 268 g/mol. The van der Waals surface area contributed by atoms with E-state index in [4.69, 9.17) is 16.6 Å². The number of Topliss-reactive ketones (excluding diaryl/α,β-unsaturated/α-hetero) is 1. The highest BCUT2D eigenvalue weighted by Crippen LogP contribution is 2.26. The molecule has 108 valence electrons. The fourth-order valence-electron chi connectivity index (χ4n) is 2.37. The van der Waals surface area contributed by atoms with Gasteiger partial charge in [0.05, 0.1) is 12.5 Å². The summed E-state index contributed by atoms with van der Waals surface area (Å²) < 4.78 is 0. The summed E-state index contributed by atoms with van der Waals surface area (Å²) in [7, 11) is 0. The lowest BCUT2D eigenvalue weighted by Crippen LogP contribution is -2.42. The molecule has 0 aromatic carbocycles. The van der Waals surface area contributed by atoms with Crippen molar-refractivity contribution in [1.29, 1.82) is 0 Å². The van der Waals surface area contributed by atoms with Gasteiger partial charge < -0.3 is 16.6 Å². The second kappa shape index (κ2) is 6.82. The lowest BCUT2D eigenvalue weighted by atomic mass is 9.91. The fourth-order valence-corrected chi connectivity index (χ4v) is 2.37. The highest BCUT2D eigenvalue weighted by Gasteiger charge is 2.25. The van der Waals surface area contributed by atoms with Gasteiger partial charge in [0, 0.05) is 12.0 Å². The molecule has 0 spiro atoms. The largest absolute Gasteiger partial charge is 0.481 e. The van der Waals surface area contributed by atoms with Gasteiger partial charge in [-0.05, 0) is 25.7 Å². The van der Waals surface area contributed by atoms with Crippen molar-refractivity contribution >= 4 is 11.8 Å². The molecule has 19 heavy (non-hydrogen) atoms. The Bertz CT molecular complexity index is 358. The van der Waals surface area contributed by atoms with Crippen LogP contribution < -0.4 is 11.5 Å². The minimum Gasteiger partial charge on any atom is -0.481 e. The van der Waals surface area contributed by atoms with Crippen LogP contribution in [-0.4, -0.2) is 28.4 Å². The van der Waals surface area contributed by atoms with Crippen LogP contribution in [0, 0.1) is 5.92 Å². The summed E-state index contributed by atoms with van der Waals surface area (Å²) in [5.41, 5.74) is 10.8. The van der Waals surface area contributed by atoms with Crippen molar-refractivity contribution in [2.75, 3.05) is 0 Å². The van der Waals surface area contributed by atoms with Gasteiger partial charge in [-0.25, -0.2) is 0 Å². The SMILES string of the molecule is CC(N)(/C=C/C1CCCC1)CC(=O)[C@@H](N)CC(=O)O. The number of nitrogens with two attached hydrogens (primary N) is 2. The molecule has 0 aromatic rings. The molecule has 1 fully saturated rings. The Morgan fingerprint density at radius 2 is 2.00 bits per heavy atom. The number of carbonyl (C=O) groups excluding carboxylic acids is 1. The van der Waals surface area contributed by atoms with Crippen molar-refractivity contribution in [3.05, 3.63) is 12.2 Å². The van der Waals surface area contributed by atoms with E-state index in [-0.39, 0.29) is 18.6 Å². The number of allylic oxidation sites excluding steroid dienone is 1. The molecule has 0 aromatic heterocycles. The molecule has 1 aliphatic carbocycles. The number of carbonyl (C=O) groups is 2. The fraction of sp³-hybridized carbons (Fsp3) is 0.714. The molecule has 2 atom stereocenters. The van der Waals surface area contributed by atoms with Gasteiger partial charge in [0.25, 0.3) is 0 Å². The molecular weight excluding hydrogens is 244 g/mol. The Morgan fingerprint density at radius 1 is 1.42 bits per heavy atom. The zero-order chi connectivity index (χ0) is 14.5. The van der Waals surface area contributed by atoms with Crippen molar-refractivity contribution in [2.45, 2.75) is 57.0 Å². The van der Waals surface area contributed by atoms with Crippen LogP contribution in [0.2, 0.25) is 0 Å². The summed E-state index contributed by atoms with van der Waals surface area (Å²) >= 11 is 0. The number of carboxylic acid groups (broad SMARTS) is 1. The maximum absolute atomic E-state index is 11.8. The van der Waals surface area contributed by atoms with Gasteiger partial charge in [-0.15, -0.1) is 0 Å². The van der Waals surface area contributed by atoms with Gasteiger partial charge in [0.1, 0.15) is 0 Å². The van der Waals surface area contributed by atoms with Crippen LogP contribution in [0.5, 0.6) is 0 Å². The van der Waals surface area contributed by atoms with E-state index in [1.165, 1.54) is 25.7 Å². The normalized spacial score (nSPS) is 21.4. The third-order valence-corrected chi connectivity index (χ3v) is 3.51. The van der Waals surface area contributed by atoms with Crippen LogP contribution in [0.4, 0.5) is 0 Å². The topological polar surface area (TPSA) is 106 Å². The third kappa shape index (κ3) is 5.98. The summed E-state index contributed by atoms with van der Waals surface area (Å²) in [5.74, 6) is -0.810. The summed E-state index contributed by atoms with van der Waals surface area (Å²) in [5, 5.41) is 8.60. The van der Waals surface area contributed by atoms with E-state index in [0.29, 0.717) is 5.92 Å². The first-order valence-electron chi connectivity index (χ1n) is 6.78. The average Bonchev–Trinajstić information content (AvgIpc) is 2.77. The van der Waals surface area contributed by atoms with Gasteiger partial charge in [-0.1, -0.05) is 25.0 Å². The Kier molecular flexibility index (Phi) is 5.69. The van der Waals surface area contributed by atoms with Crippen molar-refractivity contribution in [1.82, 2.24) is 0 Å². The van der Waals surface area contributed by atoms with Crippen molar-refractivity contribution in [3.8, 4) is 0 Å². The minimum atomic E-state index is -1.07. The Balaban J connectivity index is 2.48. The van der Waals surface area contributed by atoms with Gasteiger partial charge in [-0.2, -0.15) is 0 Å². The number of hydrogen-bond acceptors (Lipinski definition) is 4. The third-order valence-electron chi connectivity index (χ3n) is 3.51. The van der Waals surface area contributed by atoms with Crippen molar-refractivity contribution in [3.63, 3.8) is 0 Å². The summed E-state index contributed by atoms with van der Waals surface area (Å²) in [4.78, 5) is 22.3. The van der Waals surface area contributed by atoms with Crippen molar-refractivity contribution < 1.29 is 14.7 Å². The van der Waals surface area contributed by atoms with Gasteiger partial charge >= 0.3 is 5.97 Å². The van der Waals surface area contributed by atoms with Crippen LogP contribution >= 0.6 is 0 Å². The lowest BCUT2D eigenvalue weighted by Gasteiger charge is -2.21. The predicted octanol–water partition coefficient (Wildman–Crippen LogP) is 1.21. The molecule has 1 rings (SSSR count). The molecule has 0 heterocycles. The van der Waals surface area contributed by atoms with Crippen LogP contribution in [0.1, 0.15) is 45.4 Å². The Labute approximate surface area is 114 Å². The first-order valence-corrected chi connectivity index (χ1v) is 6.78. The van der Waals surface area contributed by atoms with E-state index in [0.717, 1.165) is 0 Å². The molecule has 0 aliphatic heterocycles. The Hall–Kier alpha value is -1.20. The maximum Gasteiger partial charge on any atom is 0.305 e. The zero-order valence-corrected chi connectivity index (χ0v) is 11.5. The molecule has 1 unspecified atom stereocenters. The van der Waals surface area contributed by atoms with Crippen molar-refractivity contribution in [2.24, 2.45) is 17.4 Å². The number of hydrogen-bond donors (Lipinski definition) is 3. The van der Waals surface area contributed by atoms with Crippen LogP contribution in [0.15, 0.2) is 12.2 Å². The highest BCUT2D eigenvalue weighted by atomic mass is 16.4. The summed E-state index contributed by atoms with van der Waals surface area (Å²) in [6, 6.07) is -0.972. The van der Waals surface area contributed by atoms with Crippen LogP contribution in [0.25, 0.3) is 0 Å². The molecule has 0 radical (unpaired) electrons. The molecule has 5 heteroatoms. The van der Waals surface area contributed by atoms with E-state index in [1.807, 2.05) is 6.08 Å². The minimum absolute atomic E-state index is 0.0741. The molecule has 5 N–H and O–H groups in total. The molecule has 0 amide bonds. The first kappa shape index (κ1) is 15.9. The van der Waals surface area contributed by atoms with E-state index in [9.17, 15) is 9.59 Å². The molecule has 0 saturated heterocycles. The first-order chi connectivity index (χ1) is 8.80. The summed E-state index contributed by atoms with van der Waals surface area (Å²) in [6.07, 6.45) is 8.54. The smallest absolute Gasteiger partial charge is 0.305 e. The molecule has 0 bridgehead atoms. The number of carboxylic acids is 1. The second-order valence-electron chi connectivity index (χ2n) is 5.76. The second-order valence-corrected chi connectivity index (χ2v) is 5.76. The van der Waals surface area contributed by atoms with Gasteiger partial charge in [0.2, 0.25) is 0 Å². The number of ketones is 1.